The predicted molar refractivity (Wildman–Crippen MR) is 111 cm³/mol. The largest absolute Gasteiger partial charge is 0.493 e. The molecule has 0 aliphatic carbocycles. The average molecular weight is 378 g/mol. The number of hydrogen-bond acceptors (Lipinski definition) is 6. The molecule has 0 bridgehead atoms. The van der Waals surface area contributed by atoms with E-state index in [0.717, 1.165) is 60.5 Å². The standard InChI is InChI=1S/C22H26N4O2/c1-27-21-13-18-19(6-10-24-20(18)14-22(21)28-2)25-16-7-11-26(12-8-16)15-17-5-3-4-9-23-17/h3-6,9-10,13-14,16H,7-8,11-12,15H2,1-2H3,(H,24,25). The minimum atomic E-state index is 0.443. The summed E-state index contributed by atoms with van der Waals surface area (Å²) < 4.78 is 10.9. The van der Waals surface area contributed by atoms with Crippen LogP contribution in [0.2, 0.25) is 0 Å². The highest BCUT2D eigenvalue weighted by atomic mass is 16.5. The molecular formula is C22H26N4O2. The van der Waals surface area contributed by atoms with E-state index in [1.165, 1.54) is 0 Å². The molecule has 3 aromatic rings. The molecule has 2 aromatic heterocycles. The maximum atomic E-state index is 5.47. The second-order valence-electron chi connectivity index (χ2n) is 7.10. The number of rotatable bonds is 6. The van der Waals surface area contributed by atoms with Crippen molar-refractivity contribution in [1.29, 1.82) is 0 Å². The van der Waals surface area contributed by atoms with Crippen LogP contribution in [0.4, 0.5) is 5.69 Å². The summed E-state index contributed by atoms with van der Waals surface area (Å²) >= 11 is 0. The fourth-order valence-corrected chi connectivity index (χ4v) is 3.77. The first-order valence-corrected chi connectivity index (χ1v) is 9.66. The van der Waals surface area contributed by atoms with Crippen LogP contribution in [0.3, 0.4) is 0 Å². The Morgan fingerprint density at radius 2 is 1.79 bits per heavy atom. The monoisotopic (exact) mass is 378 g/mol. The van der Waals surface area contributed by atoms with Gasteiger partial charge in [-0.25, -0.2) is 0 Å². The Morgan fingerprint density at radius 3 is 2.50 bits per heavy atom. The molecule has 1 aromatic carbocycles. The van der Waals surface area contributed by atoms with Crippen molar-refractivity contribution in [2.45, 2.75) is 25.4 Å². The van der Waals surface area contributed by atoms with Crippen molar-refractivity contribution in [3.05, 3.63) is 54.5 Å². The lowest BCUT2D eigenvalue weighted by atomic mass is 10.0. The van der Waals surface area contributed by atoms with Crippen molar-refractivity contribution in [2.24, 2.45) is 0 Å². The van der Waals surface area contributed by atoms with Crippen LogP contribution in [-0.2, 0) is 6.54 Å². The van der Waals surface area contributed by atoms with Gasteiger partial charge < -0.3 is 14.8 Å². The molecule has 1 N–H and O–H groups in total. The van der Waals surface area contributed by atoms with Crippen molar-refractivity contribution in [1.82, 2.24) is 14.9 Å². The lowest BCUT2D eigenvalue weighted by molar-refractivity contribution is 0.209. The number of hydrogen-bond donors (Lipinski definition) is 1. The van der Waals surface area contributed by atoms with Gasteiger partial charge in [0.05, 0.1) is 25.4 Å². The van der Waals surface area contributed by atoms with Gasteiger partial charge in [-0.05, 0) is 37.1 Å². The molecule has 0 atom stereocenters. The molecular weight excluding hydrogens is 352 g/mol. The van der Waals surface area contributed by atoms with Crippen LogP contribution in [0, 0.1) is 0 Å². The molecule has 0 spiro atoms. The van der Waals surface area contributed by atoms with Gasteiger partial charge in [-0.3, -0.25) is 14.9 Å². The second-order valence-corrected chi connectivity index (χ2v) is 7.10. The van der Waals surface area contributed by atoms with Gasteiger partial charge in [0.2, 0.25) is 0 Å². The normalized spacial score (nSPS) is 15.5. The zero-order valence-corrected chi connectivity index (χ0v) is 16.4. The van der Waals surface area contributed by atoms with E-state index in [-0.39, 0.29) is 0 Å². The number of anilines is 1. The second kappa shape index (κ2) is 8.44. The van der Waals surface area contributed by atoms with Crippen molar-refractivity contribution in [2.75, 3.05) is 32.6 Å². The molecule has 1 aliphatic heterocycles. The quantitative estimate of drug-likeness (QED) is 0.705. The first-order chi connectivity index (χ1) is 13.8. The van der Waals surface area contributed by atoms with E-state index in [0.29, 0.717) is 11.8 Å². The van der Waals surface area contributed by atoms with Gasteiger partial charge in [-0.15, -0.1) is 0 Å². The van der Waals surface area contributed by atoms with Crippen LogP contribution in [0.25, 0.3) is 10.9 Å². The van der Waals surface area contributed by atoms with Crippen LogP contribution in [0.5, 0.6) is 11.5 Å². The number of likely N-dealkylation sites (tertiary alicyclic amines) is 1. The topological polar surface area (TPSA) is 59.5 Å². The minimum absolute atomic E-state index is 0.443. The third-order valence-electron chi connectivity index (χ3n) is 5.31. The number of nitrogens with zero attached hydrogens (tertiary/aromatic N) is 3. The summed E-state index contributed by atoms with van der Waals surface area (Å²) in [5, 5.41) is 4.77. The highest BCUT2D eigenvalue weighted by Crippen LogP contribution is 2.35. The lowest BCUT2D eigenvalue weighted by Crippen LogP contribution is -2.38. The summed E-state index contributed by atoms with van der Waals surface area (Å²) in [4.78, 5) is 11.4. The van der Waals surface area contributed by atoms with E-state index in [1.54, 1.807) is 14.2 Å². The molecule has 0 unspecified atom stereocenters. The highest BCUT2D eigenvalue weighted by Gasteiger charge is 2.20. The van der Waals surface area contributed by atoms with E-state index in [2.05, 4.69) is 32.3 Å². The Labute approximate surface area is 165 Å². The molecule has 0 radical (unpaired) electrons. The Balaban J connectivity index is 1.44. The van der Waals surface area contributed by atoms with Crippen molar-refractivity contribution in [3.8, 4) is 11.5 Å². The van der Waals surface area contributed by atoms with Gasteiger partial charge in [0, 0.05) is 55.2 Å². The minimum Gasteiger partial charge on any atom is -0.493 e. The Hall–Kier alpha value is -2.86. The molecule has 0 amide bonds. The summed E-state index contributed by atoms with van der Waals surface area (Å²) in [5.41, 5.74) is 3.12. The number of nitrogens with one attached hydrogen (secondary N) is 1. The first kappa shape index (κ1) is 18.5. The smallest absolute Gasteiger partial charge is 0.162 e. The van der Waals surface area contributed by atoms with Gasteiger partial charge in [-0.1, -0.05) is 6.07 Å². The molecule has 6 heteroatoms. The van der Waals surface area contributed by atoms with Crippen LogP contribution < -0.4 is 14.8 Å². The average Bonchev–Trinajstić information content (AvgIpc) is 2.75. The number of methoxy groups -OCH3 is 2. The number of piperidine rings is 1. The third-order valence-corrected chi connectivity index (χ3v) is 5.31. The number of fused-ring (bicyclic) bond motifs is 1. The number of aromatic nitrogens is 2. The maximum absolute atomic E-state index is 5.47. The molecule has 1 aliphatic rings. The van der Waals surface area contributed by atoms with Gasteiger partial charge in [0.15, 0.2) is 11.5 Å². The number of pyridine rings is 2. The Bertz CT molecular complexity index is 924. The van der Waals surface area contributed by atoms with Gasteiger partial charge in [0.1, 0.15) is 0 Å². The Morgan fingerprint density at radius 1 is 1.00 bits per heavy atom. The van der Waals surface area contributed by atoms with E-state index in [1.807, 2.05) is 36.7 Å². The van der Waals surface area contributed by atoms with Gasteiger partial charge in [-0.2, -0.15) is 0 Å². The van der Waals surface area contributed by atoms with Crippen LogP contribution in [0.15, 0.2) is 48.8 Å². The van der Waals surface area contributed by atoms with E-state index in [9.17, 15) is 0 Å². The van der Waals surface area contributed by atoms with Crippen molar-refractivity contribution in [3.63, 3.8) is 0 Å². The first-order valence-electron chi connectivity index (χ1n) is 9.66. The fraction of sp³-hybridized carbons (Fsp3) is 0.364. The van der Waals surface area contributed by atoms with Crippen LogP contribution in [-0.4, -0.2) is 48.2 Å². The summed E-state index contributed by atoms with van der Waals surface area (Å²) in [5.74, 6) is 1.42. The lowest BCUT2D eigenvalue weighted by Gasteiger charge is -2.32. The Kier molecular flexibility index (Phi) is 5.58. The summed E-state index contributed by atoms with van der Waals surface area (Å²) in [6.45, 7) is 3.05. The maximum Gasteiger partial charge on any atom is 0.162 e. The highest BCUT2D eigenvalue weighted by molar-refractivity contribution is 5.93. The third kappa shape index (κ3) is 4.02. The number of benzene rings is 1. The molecule has 0 saturated carbocycles. The predicted octanol–water partition coefficient (Wildman–Crippen LogP) is 3.72. The molecule has 1 fully saturated rings. The van der Waals surface area contributed by atoms with E-state index >= 15 is 0 Å². The van der Waals surface area contributed by atoms with Gasteiger partial charge in [0.25, 0.3) is 0 Å². The van der Waals surface area contributed by atoms with Gasteiger partial charge >= 0.3 is 0 Å². The molecule has 1 saturated heterocycles. The molecule has 6 nitrogen and oxygen atoms in total. The SMILES string of the molecule is COc1cc2nccc(NC3CCN(Cc4ccccn4)CC3)c2cc1OC. The van der Waals surface area contributed by atoms with Crippen LogP contribution >= 0.6 is 0 Å². The van der Waals surface area contributed by atoms with E-state index in [4.69, 9.17) is 9.47 Å². The molecule has 3 heterocycles. The molecule has 28 heavy (non-hydrogen) atoms. The number of ether oxygens (including phenoxy) is 2. The van der Waals surface area contributed by atoms with E-state index < -0.39 is 0 Å². The summed E-state index contributed by atoms with van der Waals surface area (Å²) in [6.07, 6.45) is 5.90. The zero-order chi connectivity index (χ0) is 19.3. The van der Waals surface area contributed by atoms with Crippen LogP contribution in [0.1, 0.15) is 18.5 Å². The van der Waals surface area contributed by atoms with Crippen molar-refractivity contribution >= 4 is 16.6 Å². The summed E-state index contributed by atoms with van der Waals surface area (Å²) in [6, 6.07) is 12.5. The molecule has 146 valence electrons. The zero-order valence-electron chi connectivity index (χ0n) is 16.4. The molecule has 4 rings (SSSR count). The fourth-order valence-electron chi connectivity index (χ4n) is 3.77. The summed E-state index contributed by atoms with van der Waals surface area (Å²) in [7, 11) is 3.30. The van der Waals surface area contributed by atoms with Crippen molar-refractivity contribution < 1.29 is 9.47 Å².